The van der Waals surface area contributed by atoms with Gasteiger partial charge in [-0.05, 0) is 61.6 Å². The number of benzene rings is 1. The average molecular weight is 359 g/mol. The average Bonchev–Trinajstić information content (AvgIpc) is 3.00. The van der Waals surface area contributed by atoms with Gasteiger partial charge in [0.25, 0.3) is 0 Å². The lowest BCUT2D eigenvalue weighted by Crippen LogP contribution is -2.06. The molecule has 1 aromatic carbocycles. The molecule has 2 N–H and O–H groups in total. The summed E-state index contributed by atoms with van der Waals surface area (Å²) in [6, 6.07) is 6.79. The number of fused-ring (bicyclic) bond motifs is 1. The van der Waals surface area contributed by atoms with Gasteiger partial charge in [-0.15, -0.1) is 0 Å². The van der Waals surface area contributed by atoms with E-state index in [-0.39, 0.29) is 5.75 Å². The van der Waals surface area contributed by atoms with Crippen LogP contribution in [-0.4, -0.2) is 27.7 Å². The molecule has 0 spiro atoms. The van der Waals surface area contributed by atoms with E-state index < -0.39 is 5.97 Å². The quantitative estimate of drug-likeness (QED) is 0.645. The summed E-state index contributed by atoms with van der Waals surface area (Å²) in [5.41, 5.74) is 3.12. The smallest absolute Gasteiger partial charge is 0.356 e. The molecule has 6 heteroatoms. The maximum Gasteiger partial charge on any atom is 0.356 e. The van der Waals surface area contributed by atoms with Crippen molar-refractivity contribution in [2.75, 3.05) is 6.61 Å². The molecule has 0 radical (unpaired) electrons. The van der Waals surface area contributed by atoms with Crippen LogP contribution in [0.2, 0.25) is 5.02 Å². The molecule has 3 rings (SSSR count). The zero-order valence-corrected chi connectivity index (χ0v) is 14.6. The predicted octanol–water partition coefficient (Wildman–Crippen LogP) is 4.27. The van der Waals surface area contributed by atoms with Crippen LogP contribution >= 0.6 is 11.6 Å². The fourth-order valence-corrected chi connectivity index (χ4v) is 3.02. The van der Waals surface area contributed by atoms with Gasteiger partial charge in [0.2, 0.25) is 0 Å². The van der Waals surface area contributed by atoms with Crippen molar-refractivity contribution in [2.45, 2.75) is 26.2 Å². The Morgan fingerprint density at radius 3 is 2.88 bits per heavy atom. The van der Waals surface area contributed by atoms with Gasteiger partial charge in [0, 0.05) is 28.3 Å². The fraction of sp³-hybridized carbons (Fsp3) is 0.263. The van der Waals surface area contributed by atoms with E-state index in [1.165, 1.54) is 0 Å². The first-order valence-electron chi connectivity index (χ1n) is 8.19. The van der Waals surface area contributed by atoms with Gasteiger partial charge in [0.15, 0.2) is 0 Å². The summed E-state index contributed by atoms with van der Waals surface area (Å²) in [5.74, 6) is -0.152. The van der Waals surface area contributed by atoms with Gasteiger partial charge < -0.3 is 14.8 Å². The van der Waals surface area contributed by atoms with Crippen LogP contribution in [0.5, 0.6) is 5.75 Å². The number of halogens is 1. The highest BCUT2D eigenvalue weighted by Gasteiger charge is 2.12. The van der Waals surface area contributed by atoms with E-state index in [0.29, 0.717) is 17.3 Å². The van der Waals surface area contributed by atoms with Crippen molar-refractivity contribution in [3.63, 3.8) is 0 Å². The Kier molecular flexibility index (Phi) is 5.24. The van der Waals surface area contributed by atoms with Crippen molar-refractivity contribution in [1.29, 1.82) is 0 Å². The standard InChI is InChI=1S/C19H19ClN2O3/c1-2-25-19(24)17-9-16-15(11-22-17)13(10-21-16)5-3-4-12-8-14(20)6-7-18(12)23/h6-11,21,23H,2-5H2,1H3. The molecule has 0 aliphatic rings. The minimum atomic E-state index is -0.419. The number of nitrogens with one attached hydrogen (secondary N) is 1. The number of aryl methyl sites for hydroxylation is 2. The number of aromatic nitrogens is 2. The normalized spacial score (nSPS) is 11.0. The van der Waals surface area contributed by atoms with Crippen LogP contribution in [0.4, 0.5) is 0 Å². The molecule has 0 unspecified atom stereocenters. The third-order valence-corrected chi connectivity index (χ3v) is 4.31. The van der Waals surface area contributed by atoms with Crippen molar-refractivity contribution in [3.05, 3.63) is 58.5 Å². The molecule has 0 aliphatic carbocycles. The highest BCUT2D eigenvalue weighted by Crippen LogP contribution is 2.25. The summed E-state index contributed by atoms with van der Waals surface area (Å²) in [6.07, 6.45) is 6.05. The monoisotopic (exact) mass is 358 g/mol. The largest absolute Gasteiger partial charge is 0.508 e. The summed E-state index contributed by atoms with van der Waals surface area (Å²) < 4.78 is 4.97. The summed E-state index contributed by atoms with van der Waals surface area (Å²) >= 11 is 5.97. The molecule has 5 nitrogen and oxygen atoms in total. The second-order valence-corrected chi connectivity index (χ2v) is 6.21. The number of nitrogens with zero attached hydrogens (tertiary/aromatic N) is 1. The van der Waals surface area contributed by atoms with Crippen molar-refractivity contribution < 1.29 is 14.6 Å². The Morgan fingerprint density at radius 2 is 2.08 bits per heavy atom. The van der Waals surface area contributed by atoms with E-state index in [9.17, 15) is 9.90 Å². The molecule has 0 fully saturated rings. The van der Waals surface area contributed by atoms with Crippen LogP contribution in [0.3, 0.4) is 0 Å². The van der Waals surface area contributed by atoms with Crippen LogP contribution in [0.15, 0.2) is 36.7 Å². The third-order valence-electron chi connectivity index (χ3n) is 4.07. The highest BCUT2D eigenvalue weighted by molar-refractivity contribution is 6.30. The number of carbonyl (C=O) groups excluding carboxylic acids is 1. The molecule has 0 amide bonds. The van der Waals surface area contributed by atoms with Crippen molar-refractivity contribution >= 4 is 28.5 Å². The van der Waals surface area contributed by atoms with Crippen LogP contribution in [0.25, 0.3) is 10.9 Å². The lowest BCUT2D eigenvalue weighted by atomic mass is 10.0. The number of H-pyrrole nitrogens is 1. The topological polar surface area (TPSA) is 75.2 Å². The first-order chi connectivity index (χ1) is 12.1. The van der Waals surface area contributed by atoms with E-state index in [0.717, 1.165) is 41.3 Å². The van der Waals surface area contributed by atoms with Gasteiger partial charge in [-0.25, -0.2) is 9.78 Å². The number of carbonyl (C=O) groups is 1. The number of aromatic hydroxyl groups is 1. The second kappa shape index (κ2) is 7.57. The molecule has 0 saturated heterocycles. The van der Waals surface area contributed by atoms with Gasteiger partial charge in [0.1, 0.15) is 11.4 Å². The Labute approximate surface area is 150 Å². The molecular formula is C19H19ClN2O3. The highest BCUT2D eigenvalue weighted by atomic mass is 35.5. The van der Waals surface area contributed by atoms with Crippen molar-refractivity contribution in [1.82, 2.24) is 9.97 Å². The third kappa shape index (κ3) is 3.94. The van der Waals surface area contributed by atoms with Crippen LogP contribution in [0, 0.1) is 0 Å². The van der Waals surface area contributed by atoms with Crippen molar-refractivity contribution in [3.8, 4) is 5.75 Å². The lowest BCUT2D eigenvalue weighted by Gasteiger charge is -2.05. The summed E-state index contributed by atoms with van der Waals surface area (Å²) in [6.45, 7) is 2.09. The van der Waals surface area contributed by atoms with Gasteiger partial charge in [0.05, 0.1) is 6.61 Å². The minimum absolute atomic E-state index is 0.268. The predicted molar refractivity (Wildman–Crippen MR) is 97.2 cm³/mol. The first kappa shape index (κ1) is 17.3. The Balaban J connectivity index is 1.70. The van der Waals surface area contributed by atoms with E-state index in [2.05, 4.69) is 9.97 Å². The number of hydrogen-bond donors (Lipinski definition) is 2. The molecule has 0 bridgehead atoms. The number of pyridine rings is 1. The molecule has 0 saturated carbocycles. The molecule has 2 aromatic heterocycles. The molecule has 0 atom stereocenters. The van der Waals surface area contributed by atoms with Gasteiger partial charge in [-0.3, -0.25) is 0 Å². The SMILES string of the molecule is CCOC(=O)c1cc2[nH]cc(CCCc3cc(Cl)ccc3O)c2cn1. The first-order valence-corrected chi connectivity index (χ1v) is 8.56. The maximum absolute atomic E-state index is 11.8. The van der Waals surface area contributed by atoms with Crippen LogP contribution in [0.1, 0.15) is 35.0 Å². The van der Waals surface area contributed by atoms with Crippen LogP contribution < -0.4 is 0 Å². The number of ether oxygens (including phenoxy) is 1. The number of aromatic amines is 1. The summed E-state index contributed by atoms with van der Waals surface area (Å²) in [4.78, 5) is 19.1. The van der Waals surface area contributed by atoms with Gasteiger partial charge in [-0.2, -0.15) is 0 Å². The second-order valence-electron chi connectivity index (χ2n) is 5.78. The number of phenolic OH excluding ortho intramolecular Hbond substituents is 1. The van der Waals surface area contributed by atoms with Crippen LogP contribution in [-0.2, 0) is 17.6 Å². The lowest BCUT2D eigenvalue weighted by molar-refractivity contribution is 0.0519. The van der Waals surface area contributed by atoms with Gasteiger partial charge in [-0.1, -0.05) is 11.6 Å². The zero-order chi connectivity index (χ0) is 17.8. The minimum Gasteiger partial charge on any atom is -0.508 e. The zero-order valence-electron chi connectivity index (χ0n) is 13.9. The molecule has 130 valence electrons. The molecular weight excluding hydrogens is 340 g/mol. The van der Waals surface area contributed by atoms with Gasteiger partial charge >= 0.3 is 5.97 Å². The molecule has 25 heavy (non-hydrogen) atoms. The molecule has 2 heterocycles. The number of hydrogen-bond acceptors (Lipinski definition) is 4. The van der Waals surface area contributed by atoms with E-state index in [1.807, 2.05) is 6.20 Å². The Bertz CT molecular complexity index is 905. The Hall–Kier alpha value is -2.53. The molecule has 3 aromatic rings. The number of esters is 1. The molecule has 0 aliphatic heterocycles. The number of phenols is 1. The number of rotatable bonds is 6. The summed E-state index contributed by atoms with van der Waals surface area (Å²) in [5, 5.41) is 11.5. The van der Waals surface area contributed by atoms with E-state index in [4.69, 9.17) is 16.3 Å². The summed E-state index contributed by atoms with van der Waals surface area (Å²) in [7, 11) is 0. The van der Waals surface area contributed by atoms with E-state index in [1.54, 1.807) is 37.4 Å². The van der Waals surface area contributed by atoms with Crippen molar-refractivity contribution in [2.24, 2.45) is 0 Å². The van der Waals surface area contributed by atoms with E-state index >= 15 is 0 Å². The maximum atomic E-state index is 11.8. The fourth-order valence-electron chi connectivity index (χ4n) is 2.82. The Morgan fingerprint density at radius 1 is 1.28 bits per heavy atom.